The molecule has 3 aromatic carbocycles. The SMILES string of the molecule is CC1Cc2ccccc2-c2ccc3ccccc3c21. The Balaban J connectivity index is 2.12. The zero-order valence-electron chi connectivity index (χ0n) is 11.1. The summed E-state index contributed by atoms with van der Waals surface area (Å²) in [5.74, 6) is 0.594. The van der Waals surface area contributed by atoms with Crippen LogP contribution in [0, 0.1) is 0 Å². The van der Waals surface area contributed by atoms with E-state index in [1.807, 2.05) is 0 Å². The normalized spacial score (nSPS) is 17.0. The maximum absolute atomic E-state index is 2.35. The molecule has 92 valence electrons. The monoisotopic (exact) mass is 244 g/mol. The molecule has 0 heterocycles. The van der Waals surface area contributed by atoms with Crippen LogP contribution in [0.1, 0.15) is 24.0 Å². The lowest BCUT2D eigenvalue weighted by Crippen LogP contribution is -2.08. The van der Waals surface area contributed by atoms with Crippen molar-refractivity contribution in [3.63, 3.8) is 0 Å². The third-order valence-corrected chi connectivity index (χ3v) is 4.30. The zero-order valence-corrected chi connectivity index (χ0v) is 11.1. The third-order valence-electron chi connectivity index (χ3n) is 4.30. The van der Waals surface area contributed by atoms with Gasteiger partial charge in [0, 0.05) is 0 Å². The van der Waals surface area contributed by atoms with Gasteiger partial charge < -0.3 is 0 Å². The summed E-state index contributed by atoms with van der Waals surface area (Å²) in [4.78, 5) is 0. The van der Waals surface area contributed by atoms with Gasteiger partial charge in [-0.2, -0.15) is 0 Å². The van der Waals surface area contributed by atoms with E-state index in [0.29, 0.717) is 5.92 Å². The van der Waals surface area contributed by atoms with Crippen molar-refractivity contribution in [3.8, 4) is 11.1 Å². The van der Waals surface area contributed by atoms with Crippen LogP contribution in [0.25, 0.3) is 21.9 Å². The zero-order chi connectivity index (χ0) is 12.8. The Bertz CT molecular complexity index is 768. The summed E-state index contributed by atoms with van der Waals surface area (Å²) in [6.07, 6.45) is 1.15. The van der Waals surface area contributed by atoms with E-state index in [1.165, 1.54) is 33.0 Å². The number of hydrogen-bond acceptors (Lipinski definition) is 0. The van der Waals surface area contributed by atoms with Crippen LogP contribution in [0.4, 0.5) is 0 Å². The van der Waals surface area contributed by atoms with Crippen LogP contribution in [-0.4, -0.2) is 0 Å². The van der Waals surface area contributed by atoms with Gasteiger partial charge in [-0.1, -0.05) is 67.6 Å². The molecule has 0 bridgehead atoms. The predicted octanol–water partition coefficient (Wildman–Crippen LogP) is 5.17. The number of benzene rings is 3. The number of fused-ring (bicyclic) bond motifs is 5. The fourth-order valence-electron chi connectivity index (χ4n) is 3.45. The first-order chi connectivity index (χ1) is 9.34. The van der Waals surface area contributed by atoms with E-state index in [-0.39, 0.29) is 0 Å². The maximum atomic E-state index is 2.35. The minimum Gasteiger partial charge on any atom is -0.0620 e. The minimum atomic E-state index is 0.594. The van der Waals surface area contributed by atoms with Gasteiger partial charge in [-0.05, 0) is 45.4 Å². The van der Waals surface area contributed by atoms with Gasteiger partial charge in [0.1, 0.15) is 0 Å². The molecule has 0 radical (unpaired) electrons. The van der Waals surface area contributed by atoms with Gasteiger partial charge in [-0.3, -0.25) is 0 Å². The van der Waals surface area contributed by atoms with E-state index >= 15 is 0 Å². The van der Waals surface area contributed by atoms with E-state index < -0.39 is 0 Å². The molecule has 0 saturated carbocycles. The van der Waals surface area contributed by atoms with Crippen LogP contribution >= 0.6 is 0 Å². The molecule has 0 amide bonds. The van der Waals surface area contributed by atoms with Crippen LogP contribution in [0.15, 0.2) is 60.7 Å². The first kappa shape index (κ1) is 10.8. The smallest absolute Gasteiger partial charge is 0.0137 e. The Morgan fingerprint density at radius 3 is 2.53 bits per heavy atom. The summed E-state index contributed by atoms with van der Waals surface area (Å²) < 4.78 is 0. The topological polar surface area (TPSA) is 0 Å². The molecule has 1 unspecified atom stereocenters. The number of hydrogen-bond donors (Lipinski definition) is 0. The van der Waals surface area contributed by atoms with Crippen molar-refractivity contribution in [2.75, 3.05) is 0 Å². The van der Waals surface area contributed by atoms with Crippen molar-refractivity contribution < 1.29 is 0 Å². The van der Waals surface area contributed by atoms with E-state index in [4.69, 9.17) is 0 Å². The highest BCUT2D eigenvalue weighted by atomic mass is 14.3. The standard InChI is InChI=1S/C19H16/c1-13-12-15-7-3-4-8-16(15)18-11-10-14-6-2-5-9-17(14)19(13)18/h2-11,13H,12H2,1H3. The molecule has 0 nitrogen and oxygen atoms in total. The van der Waals surface area contributed by atoms with Crippen LogP contribution in [0.5, 0.6) is 0 Å². The molecule has 1 aliphatic carbocycles. The predicted molar refractivity (Wildman–Crippen MR) is 81.5 cm³/mol. The molecule has 0 saturated heterocycles. The molecule has 0 heteroatoms. The highest BCUT2D eigenvalue weighted by Gasteiger charge is 2.22. The maximum Gasteiger partial charge on any atom is -0.0137 e. The van der Waals surface area contributed by atoms with Crippen LogP contribution in [0.2, 0.25) is 0 Å². The molecule has 0 spiro atoms. The molecular weight excluding hydrogens is 228 g/mol. The summed E-state index contributed by atoms with van der Waals surface area (Å²) in [6.45, 7) is 2.35. The second-order valence-corrected chi connectivity index (χ2v) is 5.51. The highest BCUT2D eigenvalue weighted by Crippen LogP contribution is 2.42. The molecule has 0 N–H and O–H groups in total. The fourth-order valence-corrected chi connectivity index (χ4v) is 3.45. The summed E-state index contributed by atoms with van der Waals surface area (Å²) in [6, 6.07) is 22.1. The van der Waals surface area contributed by atoms with E-state index in [1.54, 1.807) is 0 Å². The van der Waals surface area contributed by atoms with Crippen LogP contribution in [0.3, 0.4) is 0 Å². The van der Waals surface area contributed by atoms with Crippen molar-refractivity contribution in [1.82, 2.24) is 0 Å². The molecule has 0 aromatic heterocycles. The number of rotatable bonds is 0. The minimum absolute atomic E-state index is 0.594. The second kappa shape index (κ2) is 3.96. The largest absolute Gasteiger partial charge is 0.0620 e. The van der Waals surface area contributed by atoms with Crippen molar-refractivity contribution in [3.05, 3.63) is 71.8 Å². The van der Waals surface area contributed by atoms with Crippen molar-refractivity contribution >= 4 is 10.8 Å². The second-order valence-electron chi connectivity index (χ2n) is 5.51. The third kappa shape index (κ3) is 1.53. The van der Waals surface area contributed by atoms with Crippen LogP contribution < -0.4 is 0 Å². The Labute approximate surface area is 113 Å². The first-order valence-electron chi connectivity index (χ1n) is 6.94. The highest BCUT2D eigenvalue weighted by molar-refractivity contribution is 5.93. The molecule has 4 rings (SSSR count). The lowest BCUT2D eigenvalue weighted by molar-refractivity contribution is 0.756. The summed E-state index contributed by atoms with van der Waals surface area (Å²) >= 11 is 0. The van der Waals surface area contributed by atoms with E-state index in [2.05, 4.69) is 67.6 Å². The molecule has 0 fully saturated rings. The average Bonchev–Trinajstić information content (AvgIpc) is 2.46. The average molecular weight is 244 g/mol. The summed E-state index contributed by atoms with van der Waals surface area (Å²) in [5, 5.41) is 2.77. The van der Waals surface area contributed by atoms with Gasteiger partial charge >= 0.3 is 0 Å². The first-order valence-corrected chi connectivity index (χ1v) is 6.94. The van der Waals surface area contributed by atoms with Gasteiger partial charge in [-0.25, -0.2) is 0 Å². The Kier molecular flexibility index (Phi) is 2.25. The van der Waals surface area contributed by atoms with Crippen molar-refractivity contribution in [1.29, 1.82) is 0 Å². The fraction of sp³-hybridized carbons (Fsp3) is 0.158. The van der Waals surface area contributed by atoms with Gasteiger partial charge in [0.05, 0.1) is 0 Å². The molecule has 3 aromatic rings. The molecular formula is C19H16. The van der Waals surface area contributed by atoms with E-state index in [9.17, 15) is 0 Å². The van der Waals surface area contributed by atoms with Gasteiger partial charge in [0.2, 0.25) is 0 Å². The van der Waals surface area contributed by atoms with Crippen molar-refractivity contribution in [2.45, 2.75) is 19.3 Å². The Hall–Kier alpha value is -2.08. The van der Waals surface area contributed by atoms with Gasteiger partial charge in [0.25, 0.3) is 0 Å². The molecule has 0 aliphatic heterocycles. The Morgan fingerprint density at radius 1 is 0.789 bits per heavy atom. The lowest BCUT2D eigenvalue weighted by Gasteiger charge is -2.26. The van der Waals surface area contributed by atoms with Gasteiger partial charge in [-0.15, -0.1) is 0 Å². The lowest BCUT2D eigenvalue weighted by atomic mass is 9.77. The summed E-state index contributed by atoms with van der Waals surface area (Å²) in [7, 11) is 0. The molecule has 1 aliphatic rings. The quantitative estimate of drug-likeness (QED) is 0.512. The van der Waals surface area contributed by atoms with Crippen molar-refractivity contribution in [2.24, 2.45) is 0 Å². The Morgan fingerprint density at radius 2 is 1.58 bits per heavy atom. The van der Waals surface area contributed by atoms with E-state index in [0.717, 1.165) is 6.42 Å². The molecule has 1 atom stereocenters. The van der Waals surface area contributed by atoms with Gasteiger partial charge in [0.15, 0.2) is 0 Å². The van der Waals surface area contributed by atoms with Crippen LogP contribution in [-0.2, 0) is 6.42 Å². The summed E-state index contributed by atoms with van der Waals surface area (Å²) in [5.41, 5.74) is 5.85. The molecule has 19 heavy (non-hydrogen) atoms.